The average Bonchev–Trinajstić information content (AvgIpc) is 2.77. The predicted octanol–water partition coefficient (Wildman–Crippen LogP) is 4.22. The van der Waals surface area contributed by atoms with Gasteiger partial charge in [0.2, 0.25) is 6.41 Å². The van der Waals surface area contributed by atoms with Gasteiger partial charge in [-0.25, -0.2) is 5.06 Å². The van der Waals surface area contributed by atoms with Crippen molar-refractivity contribution in [2.75, 3.05) is 6.61 Å². The molecule has 0 heterocycles. The monoisotopic (exact) mass is 411 g/mol. The van der Waals surface area contributed by atoms with E-state index in [4.69, 9.17) is 9.57 Å². The molecule has 2 rings (SSSR count). The van der Waals surface area contributed by atoms with Crippen LogP contribution < -0.4 is 0 Å². The minimum atomic E-state index is -1.04. The van der Waals surface area contributed by atoms with Crippen LogP contribution in [0.25, 0.3) is 0 Å². The SMILES string of the molecule is CCCC=CC(C(=O)O)C(COCc1ccccc1)N(C=O)OCc1ccccc1. The molecule has 0 spiro atoms. The van der Waals surface area contributed by atoms with Crippen LogP contribution >= 0.6 is 0 Å². The number of hydrogen-bond donors (Lipinski definition) is 1. The molecule has 0 aliphatic heterocycles. The van der Waals surface area contributed by atoms with Crippen LogP contribution in [-0.4, -0.2) is 35.2 Å². The van der Waals surface area contributed by atoms with E-state index in [-0.39, 0.29) is 13.2 Å². The number of carbonyl (C=O) groups is 2. The van der Waals surface area contributed by atoms with Gasteiger partial charge in [0.15, 0.2) is 0 Å². The molecule has 2 unspecified atom stereocenters. The van der Waals surface area contributed by atoms with Crippen LogP contribution in [0.5, 0.6) is 0 Å². The molecule has 0 fully saturated rings. The molecule has 6 heteroatoms. The first kappa shape index (κ1) is 23.3. The fourth-order valence-electron chi connectivity index (χ4n) is 2.92. The molecule has 2 atom stereocenters. The maximum atomic E-state index is 12.0. The van der Waals surface area contributed by atoms with Gasteiger partial charge >= 0.3 is 5.97 Å². The molecule has 160 valence electrons. The van der Waals surface area contributed by atoms with E-state index in [1.54, 1.807) is 6.08 Å². The van der Waals surface area contributed by atoms with Crippen LogP contribution in [0.4, 0.5) is 0 Å². The fraction of sp³-hybridized carbons (Fsp3) is 0.333. The lowest BCUT2D eigenvalue weighted by atomic mass is 9.99. The van der Waals surface area contributed by atoms with Crippen molar-refractivity contribution in [2.24, 2.45) is 5.92 Å². The lowest BCUT2D eigenvalue weighted by Crippen LogP contribution is -2.45. The Labute approximate surface area is 177 Å². The van der Waals surface area contributed by atoms with Gasteiger partial charge in [0, 0.05) is 0 Å². The minimum Gasteiger partial charge on any atom is -0.481 e. The van der Waals surface area contributed by atoms with E-state index in [2.05, 4.69) is 0 Å². The van der Waals surface area contributed by atoms with E-state index in [9.17, 15) is 14.7 Å². The normalized spacial score (nSPS) is 13.1. The van der Waals surface area contributed by atoms with Gasteiger partial charge in [-0.15, -0.1) is 0 Å². The third-order valence-corrected chi connectivity index (χ3v) is 4.55. The van der Waals surface area contributed by atoms with Crippen molar-refractivity contribution in [3.63, 3.8) is 0 Å². The molecule has 0 aliphatic carbocycles. The number of allylic oxidation sites excluding steroid dienone is 1. The van der Waals surface area contributed by atoms with Crippen LogP contribution in [0.3, 0.4) is 0 Å². The molecule has 2 aromatic carbocycles. The van der Waals surface area contributed by atoms with Gasteiger partial charge in [-0.2, -0.15) is 0 Å². The molecule has 0 aliphatic rings. The fourth-order valence-corrected chi connectivity index (χ4v) is 2.92. The van der Waals surface area contributed by atoms with Crippen molar-refractivity contribution >= 4 is 12.4 Å². The lowest BCUT2D eigenvalue weighted by molar-refractivity contribution is -0.206. The number of carboxylic acid groups (broad SMARTS) is 1. The lowest BCUT2D eigenvalue weighted by Gasteiger charge is -2.30. The predicted molar refractivity (Wildman–Crippen MR) is 114 cm³/mol. The van der Waals surface area contributed by atoms with Crippen molar-refractivity contribution in [1.82, 2.24) is 5.06 Å². The quantitative estimate of drug-likeness (QED) is 0.286. The molecule has 2 aromatic rings. The van der Waals surface area contributed by atoms with Gasteiger partial charge in [-0.3, -0.25) is 14.4 Å². The number of carboxylic acids is 1. The van der Waals surface area contributed by atoms with Crippen LogP contribution in [-0.2, 0) is 32.4 Å². The summed E-state index contributed by atoms with van der Waals surface area (Å²) in [5, 5.41) is 10.8. The first-order valence-corrected chi connectivity index (χ1v) is 10.1. The summed E-state index contributed by atoms with van der Waals surface area (Å²) in [6.07, 6.45) is 5.62. The van der Waals surface area contributed by atoms with E-state index in [0.29, 0.717) is 13.0 Å². The number of ether oxygens (including phenoxy) is 1. The Bertz CT molecular complexity index is 779. The highest BCUT2D eigenvalue weighted by atomic mass is 16.7. The number of aliphatic carboxylic acids is 1. The van der Waals surface area contributed by atoms with E-state index in [1.165, 1.54) is 0 Å². The number of rotatable bonds is 14. The zero-order valence-electron chi connectivity index (χ0n) is 17.2. The summed E-state index contributed by atoms with van der Waals surface area (Å²) < 4.78 is 5.78. The second-order valence-electron chi connectivity index (χ2n) is 6.87. The molecule has 0 radical (unpaired) electrons. The largest absolute Gasteiger partial charge is 0.481 e. The third kappa shape index (κ3) is 7.81. The summed E-state index contributed by atoms with van der Waals surface area (Å²) in [4.78, 5) is 29.4. The highest BCUT2D eigenvalue weighted by Gasteiger charge is 2.32. The van der Waals surface area contributed by atoms with Crippen molar-refractivity contribution in [3.8, 4) is 0 Å². The number of hydroxylamine groups is 2. The number of benzene rings is 2. The molecular formula is C24H29NO5. The van der Waals surface area contributed by atoms with Gasteiger partial charge in [0.1, 0.15) is 6.61 Å². The van der Waals surface area contributed by atoms with Gasteiger partial charge < -0.3 is 9.84 Å². The van der Waals surface area contributed by atoms with E-state index < -0.39 is 17.9 Å². The second-order valence-corrected chi connectivity index (χ2v) is 6.87. The summed E-state index contributed by atoms with van der Waals surface area (Å²) in [6.45, 7) is 2.50. The molecule has 0 saturated heterocycles. The summed E-state index contributed by atoms with van der Waals surface area (Å²) in [6, 6.07) is 18.2. The standard InChI is InChI=1S/C24H29NO5/c1-2-3-6-15-22(24(27)28)23(18-29-16-20-11-7-4-8-12-20)25(19-26)30-17-21-13-9-5-10-14-21/h4-15,19,22-23H,2-3,16-18H2,1H3,(H,27,28). The highest BCUT2D eigenvalue weighted by molar-refractivity contribution is 5.73. The smallest absolute Gasteiger partial charge is 0.312 e. The van der Waals surface area contributed by atoms with E-state index >= 15 is 0 Å². The third-order valence-electron chi connectivity index (χ3n) is 4.55. The van der Waals surface area contributed by atoms with Crippen LogP contribution in [0.1, 0.15) is 30.9 Å². The Balaban J connectivity index is 2.13. The zero-order valence-corrected chi connectivity index (χ0v) is 17.2. The van der Waals surface area contributed by atoms with Crippen molar-refractivity contribution in [2.45, 2.75) is 39.0 Å². The molecule has 0 bridgehead atoms. The Kier molecular flexibility index (Phi) is 10.3. The molecule has 30 heavy (non-hydrogen) atoms. The van der Waals surface area contributed by atoms with Crippen LogP contribution in [0, 0.1) is 5.92 Å². The number of nitrogens with zero attached hydrogens (tertiary/aromatic N) is 1. The highest BCUT2D eigenvalue weighted by Crippen LogP contribution is 2.17. The average molecular weight is 411 g/mol. The molecule has 1 N–H and O–H groups in total. The maximum Gasteiger partial charge on any atom is 0.312 e. The summed E-state index contributed by atoms with van der Waals surface area (Å²) in [7, 11) is 0. The Hall–Kier alpha value is -2.96. The summed E-state index contributed by atoms with van der Waals surface area (Å²) in [5.41, 5.74) is 1.84. The molecule has 1 amide bonds. The Morgan fingerprint density at radius 3 is 2.17 bits per heavy atom. The molecular weight excluding hydrogens is 382 g/mol. The molecule has 6 nitrogen and oxygen atoms in total. The summed E-state index contributed by atoms with van der Waals surface area (Å²) >= 11 is 0. The Morgan fingerprint density at radius 1 is 1.03 bits per heavy atom. The van der Waals surface area contributed by atoms with Crippen molar-refractivity contribution in [1.29, 1.82) is 0 Å². The number of unbranched alkanes of at least 4 members (excludes halogenated alkanes) is 1. The Morgan fingerprint density at radius 2 is 1.63 bits per heavy atom. The van der Waals surface area contributed by atoms with Gasteiger partial charge in [-0.1, -0.05) is 86.2 Å². The summed E-state index contributed by atoms with van der Waals surface area (Å²) in [5.74, 6) is -1.99. The van der Waals surface area contributed by atoms with E-state index in [1.807, 2.05) is 73.7 Å². The number of amides is 1. The zero-order chi connectivity index (χ0) is 21.6. The first-order chi connectivity index (χ1) is 14.7. The topological polar surface area (TPSA) is 76.1 Å². The van der Waals surface area contributed by atoms with Gasteiger partial charge in [-0.05, 0) is 17.5 Å². The number of hydrogen-bond acceptors (Lipinski definition) is 4. The second kappa shape index (κ2) is 13.3. The molecule has 0 saturated carbocycles. The van der Waals surface area contributed by atoms with Crippen LogP contribution in [0.15, 0.2) is 72.8 Å². The van der Waals surface area contributed by atoms with Crippen molar-refractivity contribution < 1.29 is 24.3 Å². The minimum absolute atomic E-state index is 0.0237. The van der Waals surface area contributed by atoms with Crippen LogP contribution in [0.2, 0.25) is 0 Å². The van der Waals surface area contributed by atoms with Gasteiger partial charge in [0.25, 0.3) is 0 Å². The molecule has 0 aromatic heterocycles. The maximum absolute atomic E-state index is 12.0. The van der Waals surface area contributed by atoms with Gasteiger partial charge in [0.05, 0.1) is 25.2 Å². The van der Waals surface area contributed by atoms with E-state index in [0.717, 1.165) is 29.0 Å². The first-order valence-electron chi connectivity index (χ1n) is 10.1. The van der Waals surface area contributed by atoms with Crippen molar-refractivity contribution in [3.05, 3.63) is 83.9 Å². The number of carbonyl (C=O) groups excluding carboxylic acids is 1.